The van der Waals surface area contributed by atoms with Gasteiger partial charge in [-0.05, 0) is 20.8 Å². The number of ether oxygens (including phenoxy) is 8. The first-order chi connectivity index (χ1) is 21.3. The summed E-state index contributed by atoms with van der Waals surface area (Å²) in [7, 11) is -7.04. The topological polar surface area (TPSA) is 191 Å². The maximum Gasteiger partial charge on any atom is 0.268 e. The molecule has 6 rings (SSSR count). The number of hydrogen-bond donors (Lipinski definition) is 0. The van der Waals surface area contributed by atoms with E-state index in [1.54, 1.807) is 20.8 Å². The van der Waals surface area contributed by atoms with E-state index in [9.17, 15) is 18.9 Å². The third-order valence-corrected chi connectivity index (χ3v) is 10.6. The molecule has 18 heteroatoms. The smallest absolute Gasteiger partial charge is 0.268 e. The first-order valence-corrected chi connectivity index (χ1v) is 18.4. The van der Waals surface area contributed by atoms with E-state index in [1.807, 2.05) is 27.7 Å². The minimum absolute atomic E-state index is 0.0520. The molecule has 6 aliphatic heterocycles. The van der Waals surface area contributed by atoms with Crippen LogP contribution in [0.4, 0.5) is 0 Å². The van der Waals surface area contributed by atoms with Gasteiger partial charge in [0.25, 0.3) is 15.6 Å². The molecule has 16 nitrogen and oxygen atoms in total. The average molecular weight is 691 g/mol. The molecule has 14 atom stereocenters. The molecule has 0 spiro atoms. The molecule has 6 fully saturated rings. The molecular formula is C27H48O16P2-2. The van der Waals surface area contributed by atoms with Crippen molar-refractivity contribution in [2.24, 2.45) is 0 Å². The van der Waals surface area contributed by atoms with E-state index in [0.29, 0.717) is 0 Å². The third-order valence-electron chi connectivity index (χ3n) is 8.72. The maximum atomic E-state index is 13.0. The summed E-state index contributed by atoms with van der Waals surface area (Å²) in [6.07, 6.45) is -5.92. The Bertz CT molecular complexity index is 1100. The van der Waals surface area contributed by atoms with Crippen LogP contribution in [0.25, 0.3) is 0 Å². The lowest BCUT2D eigenvalue weighted by Crippen LogP contribution is -2.48. The van der Waals surface area contributed by atoms with Gasteiger partial charge in [0.15, 0.2) is 0 Å². The van der Waals surface area contributed by atoms with Gasteiger partial charge < -0.3 is 65.8 Å². The number of hydrogen-bond acceptors (Lipinski definition) is 16. The van der Waals surface area contributed by atoms with Crippen LogP contribution in [0, 0.1) is 0 Å². The van der Waals surface area contributed by atoms with Crippen molar-refractivity contribution in [2.75, 3.05) is 53.9 Å². The molecule has 0 aromatic carbocycles. The van der Waals surface area contributed by atoms with Gasteiger partial charge in [-0.25, -0.2) is 0 Å². The lowest BCUT2D eigenvalue weighted by molar-refractivity contribution is -0.247. The second kappa shape index (κ2) is 14.4. The average Bonchev–Trinajstić information content (AvgIpc) is 3.80. The number of phosphoric ester groups is 2. The first-order valence-electron chi connectivity index (χ1n) is 15.5. The normalized spacial score (nSPS) is 46.7. The molecule has 6 aliphatic rings. The van der Waals surface area contributed by atoms with Gasteiger partial charge in [0.2, 0.25) is 0 Å². The van der Waals surface area contributed by atoms with E-state index in [4.69, 9.17) is 56.0 Å². The van der Waals surface area contributed by atoms with Crippen molar-refractivity contribution in [1.29, 1.82) is 0 Å². The summed E-state index contributed by atoms with van der Waals surface area (Å²) < 4.78 is 92.9. The molecule has 0 aliphatic carbocycles. The van der Waals surface area contributed by atoms with E-state index in [1.165, 1.54) is 14.2 Å². The summed E-state index contributed by atoms with van der Waals surface area (Å²) in [5.74, 6) is 0. The number of rotatable bonds is 13. The molecule has 45 heavy (non-hydrogen) atoms. The fraction of sp³-hybridized carbons (Fsp3) is 1.00. The number of fused-ring (bicyclic) bond motifs is 6. The Labute approximate surface area is 264 Å². The van der Waals surface area contributed by atoms with Gasteiger partial charge >= 0.3 is 0 Å². The molecule has 0 aromatic heterocycles. The molecule has 8 unspecified atom stereocenters. The Kier molecular flexibility index (Phi) is 12.1. The van der Waals surface area contributed by atoms with Gasteiger partial charge in [0.05, 0.1) is 58.0 Å². The van der Waals surface area contributed by atoms with Crippen LogP contribution in [-0.2, 0) is 65.1 Å². The Morgan fingerprint density at radius 2 is 0.956 bits per heavy atom. The molecule has 0 amide bonds. The van der Waals surface area contributed by atoms with Crippen LogP contribution in [0.5, 0.6) is 0 Å². The van der Waals surface area contributed by atoms with E-state index in [0.717, 1.165) is 0 Å². The maximum absolute atomic E-state index is 13.0. The van der Waals surface area contributed by atoms with Crippen molar-refractivity contribution in [3.63, 3.8) is 0 Å². The zero-order chi connectivity index (χ0) is 33.4. The standard InChI is InChI=1S/C23H38O16P2.2C2H6/c1-12-15-18(29-5)22(36-12,8-30-15)10-33-40(24,25)39-20-17-14(3)37-23(20,9-32-17)11-34-41(26,27)38-19-16-13(2)35-21(19,6-28-4)7-31-16;2*1-2/h12-20H,6-11H2,1-5H3,(H,24,25)(H,26,27);2*1-2H3/p-2/t12?,13?,14?,15-,16-,17-,18-,19-,20-,21?,22?,23?;;/m1../s1. The Hall–Kier alpha value is -0.100. The summed E-state index contributed by atoms with van der Waals surface area (Å²) in [6, 6.07) is 0. The minimum atomic E-state index is -4.99. The lowest BCUT2D eigenvalue weighted by Gasteiger charge is -2.37. The molecule has 264 valence electrons. The second-order valence-corrected chi connectivity index (χ2v) is 14.3. The van der Waals surface area contributed by atoms with Crippen LogP contribution in [0.3, 0.4) is 0 Å². The zero-order valence-corrected chi connectivity index (χ0v) is 29.2. The summed E-state index contributed by atoms with van der Waals surface area (Å²) in [5.41, 5.74) is -3.79. The van der Waals surface area contributed by atoms with Gasteiger partial charge in [0.1, 0.15) is 53.4 Å². The molecule has 6 bridgehead atoms. The molecule has 0 N–H and O–H groups in total. The molecule has 0 aromatic rings. The highest BCUT2D eigenvalue weighted by Crippen LogP contribution is 2.55. The molecule has 6 heterocycles. The van der Waals surface area contributed by atoms with Crippen LogP contribution < -0.4 is 9.79 Å². The van der Waals surface area contributed by atoms with Crippen LogP contribution in [0.1, 0.15) is 48.5 Å². The third kappa shape index (κ3) is 7.00. The van der Waals surface area contributed by atoms with Gasteiger partial charge in [0, 0.05) is 14.2 Å². The quantitative estimate of drug-likeness (QED) is 0.250. The van der Waals surface area contributed by atoms with Crippen LogP contribution in [-0.4, -0.2) is 126 Å². The minimum Gasteiger partial charge on any atom is -0.756 e. The van der Waals surface area contributed by atoms with Crippen molar-refractivity contribution in [3.8, 4) is 0 Å². The summed E-state index contributed by atoms with van der Waals surface area (Å²) >= 11 is 0. The van der Waals surface area contributed by atoms with Crippen molar-refractivity contribution in [3.05, 3.63) is 0 Å². The van der Waals surface area contributed by atoms with Crippen LogP contribution in [0.2, 0.25) is 0 Å². The SMILES string of the molecule is CC.CC.COCC12CO[C@H](C(C)O1)[C@H]2OP(=O)([O-])OCC12CO[C@H](C(C)O1)[C@H]2OP(=O)([O-])OCC12CO[C@H](C(C)O1)[C@H]2OC. The Balaban J connectivity index is 0.00000111. The van der Waals surface area contributed by atoms with Gasteiger partial charge in [-0.1, -0.05) is 27.7 Å². The molecule has 6 saturated heterocycles. The predicted octanol–water partition coefficient (Wildman–Crippen LogP) is 1.11. The fourth-order valence-electron chi connectivity index (χ4n) is 6.97. The molecular weight excluding hydrogens is 642 g/mol. The molecule has 0 radical (unpaired) electrons. The van der Waals surface area contributed by atoms with Crippen LogP contribution >= 0.6 is 15.6 Å². The van der Waals surface area contributed by atoms with Crippen LogP contribution in [0.15, 0.2) is 0 Å². The number of phosphoric acid groups is 2. The highest BCUT2D eigenvalue weighted by Gasteiger charge is 2.65. The highest BCUT2D eigenvalue weighted by molar-refractivity contribution is 7.46. The van der Waals surface area contributed by atoms with E-state index in [-0.39, 0.29) is 38.6 Å². The zero-order valence-electron chi connectivity index (χ0n) is 27.4. The van der Waals surface area contributed by atoms with Gasteiger partial charge in [-0.2, -0.15) is 0 Å². The van der Waals surface area contributed by atoms with Crippen molar-refractivity contribution in [2.45, 2.75) is 120 Å². The largest absolute Gasteiger partial charge is 0.756 e. The van der Waals surface area contributed by atoms with Crippen molar-refractivity contribution in [1.82, 2.24) is 0 Å². The Morgan fingerprint density at radius 1 is 0.622 bits per heavy atom. The molecule has 0 saturated carbocycles. The van der Waals surface area contributed by atoms with Gasteiger partial charge in [-0.15, -0.1) is 0 Å². The highest BCUT2D eigenvalue weighted by atomic mass is 31.2. The summed E-state index contributed by atoms with van der Waals surface area (Å²) in [4.78, 5) is 26.0. The predicted molar refractivity (Wildman–Crippen MR) is 151 cm³/mol. The van der Waals surface area contributed by atoms with E-state index in [2.05, 4.69) is 0 Å². The van der Waals surface area contributed by atoms with Crippen molar-refractivity contribution < 1.29 is 74.9 Å². The second-order valence-electron chi connectivity index (χ2n) is 11.6. The summed E-state index contributed by atoms with van der Waals surface area (Å²) in [5, 5.41) is 0. The fourth-order valence-corrected chi connectivity index (χ4v) is 9.03. The Morgan fingerprint density at radius 3 is 1.29 bits per heavy atom. The summed E-state index contributed by atoms with van der Waals surface area (Å²) in [6.45, 7) is 12.2. The van der Waals surface area contributed by atoms with Crippen molar-refractivity contribution >= 4 is 15.6 Å². The van der Waals surface area contributed by atoms with E-state index >= 15 is 0 Å². The number of methoxy groups -OCH3 is 2. The first kappa shape index (κ1) is 37.7. The monoisotopic (exact) mass is 690 g/mol. The lowest BCUT2D eigenvalue weighted by atomic mass is 10.00. The van der Waals surface area contributed by atoms with Gasteiger partial charge in [-0.3, -0.25) is 9.13 Å². The van der Waals surface area contributed by atoms with E-state index < -0.39 is 88.4 Å².